The summed E-state index contributed by atoms with van der Waals surface area (Å²) >= 11 is 0. The Balaban J connectivity index is 1.67. The standard InChI is InChI=1S/C21H22O/c1-2-10-18-15(5-1)11-12-20-19(18)13-21(14-22-20)16-6-3-7-17(21)9-4-8-16/h1-3,5-6,10-12,16-17H,4,7-9,13-14H2. The first-order chi connectivity index (χ1) is 10.9. The van der Waals surface area contributed by atoms with E-state index in [9.17, 15) is 0 Å². The molecular weight excluding hydrogens is 268 g/mol. The van der Waals surface area contributed by atoms with E-state index in [-0.39, 0.29) is 0 Å². The van der Waals surface area contributed by atoms with Crippen LogP contribution in [0.3, 0.4) is 0 Å². The first-order valence-electron chi connectivity index (χ1n) is 8.67. The average Bonchev–Trinajstić information content (AvgIpc) is 2.54. The summed E-state index contributed by atoms with van der Waals surface area (Å²) in [4.78, 5) is 0. The molecule has 2 aromatic rings. The first-order valence-corrected chi connectivity index (χ1v) is 8.67. The Morgan fingerprint density at radius 3 is 2.95 bits per heavy atom. The Hall–Kier alpha value is -1.76. The molecule has 0 saturated heterocycles. The summed E-state index contributed by atoms with van der Waals surface area (Å²) in [7, 11) is 0. The lowest BCUT2D eigenvalue weighted by Gasteiger charge is -2.53. The van der Waals surface area contributed by atoms with Gasteiger partial charge in [0.05, 0.1) is 6.61 Å². The lowest BCUT2D eigenvalue weighted by molar-refractivity contribution is -0.0191. The molecule has 1 heteroatoms. The third-order valence-corrected chi connectivity index (χ3v) is 6.41. The molecule has 0 amide bonds. The van der Waals surface area contributed by atoms with Crippen LogP contribution in [0, 0.1) is 17.3 Å². The zero-order chi connectivity index (χ0) is 14.6. The highest BCUT2D eigenvalue weighted by Crippen LogP contribution is 2.55. The van der Waals surface area contributed by atoms with E-state index < -0.39 is 0 Å². The van der Waals surface area contributed by atoms with E-state index in [4.69, 9.17) is 4.74 Å². The van der Waals surface area contributed by atoms with E-state index in [1.807, 2.05) is 0 Å². The number of ether oxygens (including phenoxy) is 1. The Labute approximate surface area is 132 Å². The Bertz CT molecular complexity index is 760. The normalized spacial score (nSPS) is 32.7. The van der Waals surface area contributed by atoms with Crippen molar-refractivity contribution in [3.05, 3.63) is 54.1 Å². The van der Waals surface area contributed by atoms with Crippen molar-refractivity contribution in [2.24, 2.45) is 17.3 Å². The van der Waals surface area contributed by atoms with Crippen LogP contribution in [0.1, 0.15) is 31.2 Å². The molecule has 5 rings (SSSR count). The van der Waals surface area contributed by atoms with Gasteiger partial charge in [-0.3, -0.25) is 0 Å². The molecule has 112 valence electrons. The van der Waals surface area contributed by atoms with Crippen LogP contribution < -0.4 is 4.74 Å². The maximum Gasteiger partial charge on any atom is 0.123 e. The van der Waals surface area contributed by atoms with Crippen molar-refractivity contribution in [3.8, 4) is 5.75 Å². The zero-order valence-electron chi connectivity index (χ0n) is 12.9. The summed E-state index contributed by atoms with van der Waals surface area (Å²) in [5.41, 5.74) is 1.81. The van der Waals surface area contributed by atoms with Gasteiger partial charge in [0.25, 0.3) is 0 Å². The largest absolute Gasteiger partial charge is 0.493 e. The van der Waals surface area contributed by atoms with E-state index in [0.29, 0.717) is 11.3 Å². The second kappa shape index (κ2) is 4.62. The number of allylic oxidation sites excluding steroid dienone is 2. The van der Waals surface area contributed by atoms with Crippen LogP contribution in [0.4, 0.5) is 0 Å². The molecule has 2 bridgehead atoms. The third kappa shape index (κ3) is 1.65. The van der Waals surface area contributed by atoms with Crippen molar-refractivity contribution in [3.63, 3.8) is 0 Å². The van der Waals surface area contributed by atoms with Gasteiger partial charge in [0.2, 0.25) is 0 Å². The molecule has 1 aliphatic heterocycles. The van der Waals surface area contributed by atoms with Gasteiger partial charge in [-0.2, -0.15) is 0 Å². The Morgan fingerprint density at radius 2 is 2.00 bits per heavy atom. The summed E-state index contributed by atoms with van der Waals surface area (Å²) in [6.45, 7) is 0.915. The average molecular weight is 290 g/mol. The first kappa shape index (κ1) is 12.8. The lowest BCUT2D eigenvalue weighted by atomic mass is 9.54. The molecule has 0 aromatic heterocycles. The highest BCUT2D eigenvalue weighted by Gasteiger charge is 2.50. The number of fused-ring (bicyclic) bond motifs is 3. The van der Waals surface area contributed by atoms with Gasteiger partial charge in [-0.1, -0.05) is 48.9 Å². The number of rotatable bonds is 0. The van der Waals surface area contributed by atoms with Crippen LogP contribution in [0.25, 0.3) is 10.8 Å². The molecule has 22 heavy (non-hydrogen) atoms. The van der Waals surface area contributed by atoms with Crippen LogP contribution in [0.15, 0.2) is 48.6 Å². The molecule has 1 spiro atoms. The van der Waals surface area contributed by atoms with Crippen molar-refractivity contribution in [2.75, 3.05) is 6.61 Å². The maximum atomic E-state index is 6.33. The van der Waals surface area contributed by atoms with E-state index in [2.05, 4.69) is 48.6 Å². The Kier molecular flexibility index (Phi) is 2.68. The summed E-state index contributed by atoms with van der Waals surface area (Å²) in [6.07, 6.45) is 11.5. The van der Waals surface area contributed by atoms with Gasteiger partial charge in [-0.15, -0.1) is 0 Å². The topological polar surface area (TPSA) is 9.23 Å². The molecule has 3 aliphatic rings. The fourth-order valence-corrected chi connectivity index (χ4v) is 5.24. The van der Waals surface area contributed by atoms with E-state index in [0.717, 1.165) is 18.3 Å². The van der Waals surface area contributed by atoms with Gasteiger partial charge in [0.15, 0.2) is 0 Å². The molecule has 3 atom stereocenters. The highest BCUT2D eigenvalue weighted by molar-refractivity contribution is 5.88. The predicted octanol–water partition coefficient (Wildman–Crippen LogP) is 5.14. The number of hydrogen-bond acceptors (Lipinski definition) is 1. The van der Waals surface area contributed by atoms with Crippen molar-refractivity contribution < 1.29 is 4.74 Å². The minimum Gasteiger partial charge on any atom is -0.493 e. The predicted molar refractivity (Wildman–Crippen MR) is 90.2 cm³/mol. The van der Waals surface area contributed by atoms with Crippen LogP contribution in [0.2, 0.25) is 0 Å². The zero-order valence-corrected chi connectivity index (χ0v) is 12.9. The molecular formula is C21H22O. The third-order valence-electron chi connectivity index (χ3n) is 6.41. The Morgan fingerprint density at radius 1 is 1.05 bits per heavy atom. The molecule has 2 aliphatic carbocycles. The minimum absolute atomic E-state index is 0.351. The molecule has 0 radical (unpaired) electrons. The maximum absolute atomic E-state index is 6.33. The summed E-state index contributed by atoms with van der Waals surface area (Å²) < 4.78 is 6.33. The molecule has 1 nitrogen and oxygen atoms in total. The minimum atomic E-state index is 0.351. The van der Waals surface area contributed by atoms with Crippen LogP contribution in [-0.4, -0.2) is 6.61 Å². The second-order valence-electron chi connectivity index (χ2n) is 7.36. The highest BCUT2D eigenvalue weighted by atomic mass is 16.5. The van der Waals surface area contributed by atoms with Crippen molar-refractivity contribution in [1.82, 2.24) is 0 Å². The molecule has 3 unspecified atom stereocenters. The van der Waals surface area contributed by atoms with Gasteiger partial charge in [-0.25, -0.2) is 0 Å². The SMILES string of the molecule is C1=CC2CCCC(C1)C21COc2ccc3ccccc3c2C1. The molecule has 1 fully saturated rings. The van der Waals surface area contributed by atoms with Crippen molar-refractivity contribution in [2.45, 2.75) is 32.1 Å². The van der Waals surface area contributed by atoms with Crippen molar-refractivity contribution >= 4 is 10.8 Å². The monoisotopic (exact) mass is 290 g/mol. The second-order valence-corrected chi connectivity index (χ2v) is 7.36. The van der Waals surface area contributed by atoms with Crippen LogP contribution >= 0.6 is 0 Å². The van der Waals surface area contributed by atoms with E-state index in [1.54, 1.807) is 0 Å². The van der Waals surface area contributed by atoms with E-state index >= 15 is 0 Å². The molecule has 1 saturated carbocycles. The van der Waals surface area contributed by atoms with Crippen molar-refractivity contribution in [1.29, 1.82) is 0 Å². The number of benzene rings is 2. The van der Waals surface area contributed by atoms with Gasteiger partial charge < -0.3 is 4.74 Å². The lowest BCUT2D eigenvalue weighted by Crippen LogP contribution is -2.50. The quantitative estimate of drug-likeness (QED) is 0.611. The number of hydrogen-bond donors (Lipinski definition) is 0. The van der Waals surface area contributed by atoms with Gasteiger partial charge in [-0.05, 0) is 54.4 Å². The molecule has 1 heterocycles. The fraction of sp³-hybridized carbons (Fsp3) is 0.429. The van der Waals surface area contributed by atoms with Gasteiger partial charge >= 0.3 is 0 Å². The smallest absolute Gasteiger partial charge is 0.123 e. The fourth-order valence-electron chi connectivity index (χ4n) is 5.24. The summed E-state index contributed by atoms with van der Waals surface area (Å²) in [5, 5.41) is 2.74. The van der Waals surface area contributed by atoms with Gasteiger partial charge in [0, 0.05) is 11.0 Å². The van der Waals surface area contributed by atoms with Gasteiger partial charge in [0.1, 0.15) is 5.75 Å². The molecule has 2 aromatic carbocycles. The van der Waals surface area contributed by atoms with Crippen LogP contribution in [-0.2, 0) is 6.42 Å². The van der Waals surface area contributed by atoms with Crippen LogP contribution in [0.5, 0.6) is 5.75 Å². The van der Waals surface area contributed by atoms with E-state index in [1.165, 1.54) is 48.4 Å². The summed E-state index contributed by atoms with van der Waals surface area (Å²) in [5.74, 6) is 2.65. The summed E-state index contributed by atoms with van der Waals surface area (Å²) in [6, 6.07) is 13.2. The molecule has 0 N–H and O–H groups in total.